The molecule has 0 saturated carbocycles. The molecular formula is C21H16O4S. The summed E-state index contributed by atoms with van der Waals surface area (Å²) in [6.45, 7) is 0.190. The van der Waals surface area contributed by atoms with Gasteiger partial charge in [-0.3, -0.25) is 4.79 Å². The van der Waals surface area contributed by atoms with Crippen LogP contribution in [0.4, 0.5) is 0 Å². The zero-order valence-corrected chi connectivity index (χ0v) is 14.9. The molecule has 4 nitrogen and oxygen atoms in total. The largest absolute Gasteiger partial charge is 0.496 e. The third kappa shape index (κ3) is 3.21. The third-order valence-corrected chi connectivity index (χ3v) is 5.03. The fraction of sp³-hybridized carbons (Fsp3) is 0.0952. The second-order valence-corrected chi connectivity index (χ2v) is 6.65. The van der Waals surface area contributed by atoms with E-state index in [1.165, 1.54) is 4.88 Å². The van der Waals surface area contributed by atoms with Crippen LogP contribution in [0, 0.1) is 0 Å². The van der Waals surface area contributed by atoms with Gasteiger partial charge >= 0.3 is 0 Å². The molecule has 0 radical (unpaired) electrons. The Balaban J connectivity index is 1.61. The van der Waals surface area contributed by atoms with Gasteiger partial charge in [0.1, 0.15) is 5.75 Å². The number of fused-ring (bicyclic) bond motifs is 1. The normalized spacial score (nSPS) is 12.5. The SMILES string of the molecule is COc1ccc(-c2cccs2)cc1C=CC(=O)c1ccc2c(c1)OCO2. The van der Waals surface area contributed by atoms with Crippen LogP contribution >= 0.6 is 11.3 Å². The minimum Gasteiger partial charge on any atom is -0.496 e. The lowest BCUT2D eigenvalue weighted by molar-refractivity contribution is 0.104. The molecule has 0 amide bonds. The van der Waals surface area contributed by atoms with E-state index in [0.717, 1.165) is 16.9 Å². The summed E-state index contributed by atoms with van der Waals surface area (Å²) in [5.41, 5.74) is 2.50. The third-order valence-electron chi connectivity index (χ3n) is 4.11. The van der Waals surface area contributed by atoms with Gasteiger partial charge in [-0.1, -0.05) is 6.07 Å². The predicted molar refractivity (Wildman–Crippen MR) is 102 cm³/mol. The van der Waals surface area contributed by atoms with E-state index < -0.39 is 0 Å². The molecule has 0 unspecified atom stereocenters. The maximum absolute atomic E-state index is 12.5. The van der Waals surface area contributed by atoms with Gasteiger partial charge in [-0.2, -0.15) is 0 Å². The lowest BCUT2D eigenvalue weighted by Crippen LogP contribution is -1.95. The van der Waals surface area contributed by atoms with Crippen molar-refractivity contribution in [2.24, 2.45) is 0 Å². The summed E-state index contributed by atoms with van der Waals surface area (Å²) in [4.78, 5) is 13.7. The van der Waals surface area contributed by atoms with Crippen molar-refractivity contribution in [2.75, 3.05) is 13.9 Å². The molecule has 130 valence electrons. The molecule has 2 aromatic carbocycles. The van der Waals surface area contributed by atoms with E-state index in [2.05, 4.69) is 6.07 Å². The first-order chi connectivity index (χ1) is 12.7. The number of rotatable bonds is 5. The van der Waals surface area contributed by atoms with E-state index in [4.69, 9.17) is 14.2 Å². The van der Waals surface area contributed by atoms with Crippen molar-refractivity contribution < 1.29 is 19.0 Å². The molecule has 0 spiro atoms. The average molecular weight is 364 g/mol. The molecule has 0 bridgehead atoms. The molecule has 4 rings (SSSR count). The van der Waals surface area contributed by atoms with E-state index in [-0.39, 0.29) is 12.6 Å². The Labute approximate surface area is 155 Å². The second kappa shape index (κ2) is 7.06. The Kier molecular flexibility index (Phi) is 4.46. The lowest BCUT2D eigenvalue weighted by Gasteiger charge is -2.07. The van der Waals surface area contributed by atoms with Crippen LogP contribution in [0.15, 0.2) is 60.0 Å². The molecule has 0 N–H and O–H groups in total. The van der Waals surface area contributed by atoms with Gasteiger partial charge in [-0.25, -0.2) is 0 Å². The number of benzene rings is 2. The van der Waals surface area contributed by atoms with E-state index in [1.54, 1.807) is 48.8 Å². The van der Waals surface area contributed by atoms with Crippen LogP contribution in [0.1, 0.15) is 15.9 Å². The van der Waals surface area contributed by atoms with E-state index in [1.807, 2.05) is 29.6 Å². The van der Waals surface area contributed by atoms with Gasteiger partial charge in [-0.05, 0) is 65.6 Å². The molecule has 0 saturated heterocycles. The first kappa shape index (κ1) is 16.4. The van der Waals surface area contributed by atoms with Crippen molar-refractivity contribution in [3.05, 3.63) is 71.1 Å². The number of allylic oxidation sites excluding steroid dienone is 1. The van der Waals surface area contributed by atoms with Gasteiger partial charge < -0.3 is 14.2 Å². The first-order valence-electron chi connectivity index (χ1n) is 8.08. The number of ether oxygens (including phenoxy) is 3. The minimum atomic E-state index is -0.105. The van der Waals surface area contributed by atoms with Crippen LogP contribution < -0.4 is 14.2 Å². The molecule has 26 heavy (non-hydrogen) atoms. The molecule has 3 aromatic rings. The highest BCUT2D eigenvalue weighted by Crippen LogP contribution is 2.33. The highest BCUT2D eigenvalue weighted by Gasteiger charge is 2.15. The number of hydrogen-bond donors (Lipinski definition) is 0. The number of carbonyl (C=O) groups is 1. The topological polar surface area (TPSA) is 44.8 Å². The van der Waals surface area contributed by atoms with Crippen molar-refractivity contribution in [3.63, 3.8) is 0 Å². The molecule has 0 fully saturated rings. The molecule has 1 aliphatic heterocycles. The van der Waals surface area contributed by atoms with Crippen molar-refractivity contribution in [2.45, 2.75) is 0 Å². The lowest BCUT2D eigenvalue weighted by atomic mass is 10.1. The molecule has 1 aromatic heterocycles. The molecular weight excluding hydrogens is 348 g/mol. The monoisotopic (exact) mass is 364 g/mol. The summed E-state index contributed by atoms with van der Waals surface area (Å²) in [5.74, 6) is 1.88. The first-order valence-corrected chi connectivity index (χ1v) is 8.96. The zero-order valence-electron chi connectivity index (χ0n) is 14.1. The number of carbonyl (C=O) groups excluding carboxylic acids is 1. The number of methoxy groups -OCH3 is 1. The quantitative estimate of drug-likeness (QED) is 0.469. The highest BCUT2D eigenvalue weighted by atomic mass is 32.1. The Morgan fingerprint density at radius 2 is 2.00 bits per heavy atom. The highest BCUT2D eigenvalue weighted by molar-refractivity contribution is 7.13. The number of ketones is 1. The average Bonchev–Trinajstić information content (AvgIpc) is 3.36. The van der Waals surface area contributed by atoms with Gasteiger partial charge in [0.15, 0.2) is 17.3 Å². The van der Waals surface area contributed by atoms with Gasteiger partial charge in [-0.15, -0.1) is 11.3 Å². The van der Waals surface area contributed by atoms with Crippen molar-refractivity contribution in [1.29, 1.82) is 0 Å². The summed E-state index contributed by atoms with van der Waals surface area (Å²) in [6, 6.07) is 15.2. The molecule has 1 aliphatic rings. The standard InChI is InChI=1S/C21H16O4S/c1-23-18-8-6-16(21-3-2-10-26-21)11-15(18)4-7-17(22)14-5-9-19-20(12-14)25-13-24-19/h2-12H,13H2,1H3. The number of thiophene rings is 1. The summed E-state index contributed by atoms with van der Waals surface area (Å²) < 4.78 is 16.0. The van der Waals surface area contributed by atoms with Crippen molar-refractivity contribution >= 4 is 23.2 Å². The maximum Gasteiger partial charge on any atom is 0.231 e. The fourth-order valence-corrected chi connectivity index (χ4v) is 3.50. The van der Waals surface area contributed by atoms with Crippen LogP contribution in [-0.4, -0.2) is 19.7 Å². The Morgan fingerprint density at radius 3 is 2.81 bits per heavy atom. The molecule has 0 atom stereocenters. The van der Waals surface area contributed by atoms with E-state index in [9.17, 15) is 4.79 Å². The van der Waals surface area contributed by atoms with Crippen molar-refractivity contribution in [3.8, 4) is 27.7 Å². The van der Waals surface area contributed by atoms with Gasteiger partial charge in [0.25, 0.3) is 0 Å². The van der Waals surface area contributed by atoms with Crippen LogP contribution in [-0.2, 0) is 0 Å². The smallest absolute Gasteiger partial charge is 0.231 e. The maximum atomic E-state index is 12.5. The van der Waals surface area contributed by atoms with Gasteiger partial charge in [0.05, 0.1) is 7.11 Å². The van der Waals surface area contributed by atoms with Crippen LogP contribution in [0.2, 0.25) is 0 Å². The van der Waals surface area contributed by atoms with Gasteiger partial charge in [0.2, 0.25) is 6.79 Å². The second-order valence-electron chi connectivity index (χ2n) is 5.70. The van der Waals surface area contributed by atoms with Gasteiger partial charge in [0, 0.05) is 16.0 Å². The van der Waals surface area contributed by atoms with Crippen molar-refractivity contribution in [1.82, 2.24) is 0 Å². The predicted octanol–water partition coefficient (Wildman–Crippen LogP) is 5.05. The number of hydrogen-bond acceptors (Lipinski definition) is 5. The Hall–Kier alpha value is -3.05. The summed E-state index contributed by atoms with van der Waals surface area (Å²) in [6.07, 6.45) is 3.33. The van der Waals surface area contributed by atoms with E-state index in [0.29, 0.717) is 17.1 Å². The zero-order chi connectivity index (χ0) is 17.9. The fourth-order valence-electron chi connectivity index (χ4n) is 2.77. The molecule has 2 heterocycles. The summed E-state index contributed by atoms with van der Waals surface area (Å²) in [5, 5.41) is 2.04. The van der Waals surface area contributed by atoms with Crippen LogP contribution in [0.5, 0.6) is 17.2 Å². The molecule has 0 aliphatic carbocycles. The summed E-state index contributed by atoms with van der Waals surface area (Å²) >= 11 is 1.67. The summed E-state index contributed by atoms with van der Waals surface area (Å²) in [7, 11) is 1.62. The molecule has 5 heteroatoms. The minimum absolute atomic E-state index is 0.105. The van der Waals surface area contributed by atoms with E-state index >= 15 is 0 Å². The Morgan fingerprint density at radius 1 is 1.12 bits per heavy atom. The van der Waals surface area contributed by atoms with Crippen LogP contribution in [0.3, 0.4) is 0 Å². The Bertz CT molecular complexity index is 974. The van der Waals surface area contributed by atoms with Crippen LogP contribution in [0.25, 0.3) is 16.5 Å².